The number of hydrogen-bond acceptors (Lipinski definition) is 3. The van der Waals surface area contributed by atoms with Gasteiger partial charge >= 0.3 is 0 Å². The molecule has 0 aliphatic rings. The number of benzene rings is 1. The molecule has 4 nitrogen and oxygen atoms in total. The lowest BCUT2D eigenvalue weighted by atomic mass is 10.1. The number of aryl methyl sites for hydroxylation is 1. The third kappa shape index (κ3) is 3.32. The minimum absolute atomic E-state index is 0.156. The summed E-state index contributed by atoms with van der Waals surface area (Å²) < 4.78 is 7.41. The predicted molar refractivity (Wildman–Crippen MR) is 67.1 cm³/mol. The van der Waals surface area contributed by atoms with Gasteiger partial charge in [0.1, 0.15) is 5.75 Å². The van der Waals surface area contributed by atoms with Gasteiger partial charge in [0, 0.05) is 13.1 Å². The third-order valence-electron chi connectivity index (χ3n) is 2.37. The van der Waals surface area contributed by atoms with Crippen LogP contribution in [-0.2, 0) is 13.5 Å². The number of nitrogens with two attached hydrogens (primary N) is 1. The van der Waals surface area contributed by atoms with E-state index in [0.29, 0.717) is 0 Å². The fourth-order valence-corrected chi connectivity index (χ4v) is 1.70. The van der Waals surface area contributed by atoms with Gasteiger partial charge in [0.05, 0.1) is 12.4 Å². The van der Waals surface area contributed by atoms with Crippen LogP contribution in [0.25, 0.3) is 0 Å². The lowest BCUT2D eigenvalue weighted by Gasteiger charge is -2.07. The van der Waals surface area contributed by atoms with Crippen molar-refractivity contribution in [1.29, 1.82) is 0 Å². The Bertz CT molecular complexity index is 491. The van der Waals surface area contributed by atoms with Gasteiger partial charge in [0.15, 0.2) is 5.75 Å². The van der Waals surface area contributed by atoms with Gasteiger partial charge in [0.2, 0.25) is 0 Å². The predicted octanol–water partition coefficient (Wildman–Crippen LogP) is 2.10. The maximum absolute atomic E-state index is 5.78. The monoisotopic (exact) mass is 231 g/mol. The average molecular weight is 231 g/mol. The van der Waals surface area contributed by atoms with Crippen molar-refractivity contribution in [1.82, 2.24) is 9.78 Å². The number of ether oxygens (including phenoxy) is 1. The van der Waals surface area contributed by atoms with Gasteiger partial charge < -0.3 is 10.5 Å². The summed E-state index contributed by atoms with van der Waals surface area (Å²) in [7, 11) is 1.86. The van der Waals surface area contributed by atoms with E-state index in [0.717, 1.165) is 17.9 Å². The molecule has 0 saturated heterocycles. The first-order chi connectivity index (χ1) is 8.13. The van der Waals surface area contributed by atoms with Crippen LogP contribution in [0.3, 0.4) is 0 Å². The summed E-state index contributed by atoms with van der Waals surface area (Å²) in [6.07, 6.45) is 4.38. The highest BCUT2D eigenvalue weighted by Crippen LogP contribution is 2.21. The van der Waals surface area contributed by atoms with E-state index in [1.165, 1.54) is 5.56 Å². The second kappa shape index (κ2) is 5.01. The minimum Gasteiger partial charge on any atom is -0.454 e. The van der Waals surface area contributed by atoms with E-state index < -0.39 is 0 Å². The quantitative estimate of drug-likeness (QED) is 0.876. The molecule has 17 heavy (non-hydrogen) atoms. The van der Waals surface area contributed by atoms with Crippen LogP contribution in [0.4, 0.5) is 0 Å². The average Bonchev–Trinajstić information content (AvgIpc) is 2.63. The molecule has 0 radical (unpaired) electrons. The van der Waals surface area contributed by atoms with E-state index in [-0.39, 0.29) is 6.04 Å². The number of rotatable bonds is 4. The highest BCUT2D eigenvalue weighted by Gasteiger charge is 2.02. The van der Waals surface area contributed by atoms with Gasteiger partial charge in [-0.2, -0.15) is 5.10 Å². The van der Waals surface area contributed by atoms with Crippen LogP contribution < -0.4 is 10.5 Å². The fraction of sp³-hybridized carbons (Fsp3) is 0.308. The zero-order valence-electron chi connectivity index (χ0n) is 10.1. The van der Waals surface area contributed by atoms with Crippen molar-refractivity contribution in [2.24, 2.45) is 12.8 Å². The topological polar surface area (TPSA) is 53.1 Å². The summed E-state index contributed by atoms with van der Waals surface area (Å²) in [5.41, 5.74) is 6.96. The van der Waals surface area contributed by atoms with Crippen molar-refractivity contribution in [2.75, 3.05) is 0 Å². The molecule has 0 fully saturated rings. The summed E-state index contributed by atoms with van der Waals surface area (Å²) in [5.74, 6) is 1.56. The molecule has 0 bridgehead atoms. The largest absolute Gasteiger partial charge is 0.454 e. The van der Waals surface area contributed by atoms with Crippen LogP contribution in [0.1, 0.15) is 12.5 Å². The maximum Gasteiger partial charge on any atom is 0.165 e. The number of hydrogen-bond donors (Lipinski definition) is 1. The van der Waals surface area contributed by atoms with Crippen molar-refractivity contribution in [3.63, 3.8) is 0 Å². The maximum atomic E-state index is 5.78. The normalized spacial score (nSPS) is 12.4. The van der Waals surface area contributed by atoms with Gasteiger partial charge in [0.25, 0.3) is 0 Å². The van der Waals surface area contributed by atoms with Crippen molar-refractivity contribution in [3.8, 4) is 11.5 Å². The molecule has 1 aromatic carbocycles. The van der Waals surface area contributed by atoms with Crippen LogP contribution in [0, 0.1) is 0 Å². The zero-order chi connectivity index (χ0) is 12.3. The Labute approximate surface area is 101 Å². The second-order valence-corrected chi connectivity index (χ2v) is 4.28. The van der Waals surface area contributed by atoms with E-state index in [2.05, 4.69) is 11.2 Å². The van der Waals surface area contributed by atoms with Gasteiger partial charge in [-0.1, -0.05) is 12.1 Å². The molecule has 2 aromatic rings. The first kappa shape index (κ1) is 11.7. The Morgan fingerprint density at radius 1 is 1.41 bits per heavy atom. The lowest BCUT2D eigenvalue weighted by Crippen LogP contribution is -2.17. The molecule has 4 heteroatoms. The standard InChI is InChI=1S/C13H17N3O/c1-10(14)6-11-4-3-5-12(7-11)17-13-8-15-16(2)9-13/h3-5,7-10H,6,14H2,1-2H3. The molecule has 0 aliphatic heterocycles. The molecule has 0 saturated carbocycles. The smallest absolute Gasteiger partial charge is 0.165 e. The van der Waals surface area contributed by atoms with Crippen LogP contribution in [0.15, 0.2) is 36.7 Å². The molecule has 1 atom stereocenters. The van der Waals surface area contributed by atoms with Gasteiger partial charge in [-0.15, -0.1) is 0 Å². The number of aromatic nitrogens is 2. The molecular weight excluding hydrogens is 214 g/mol. The van der Waals surface area contributed by atoms with Gasteiger partial charge in [-0.25, -0.2) is 0 Å². The lowest BCUT2D eigenvalue weighted by molar-refractivity contribution is 0.481. The summed E-state index contributed by atoms with van der Waals surface area (Å²) in [6.45, 7) is 1.99. The van der Waals surface area contributed by atoms with Crippen LogP contribution >= 0.6 is 0 Å². The van der Waals surface area contributed by atoms with Crippen LogP contribution in [0.5, 0.6) is 11.5 Å². The van der Waals surface area contributed by atoms with Gasteiger partial charge in [-0.05, 0) is 31.0 Å². The van der Waals surface area contributed by atoms with Crippen LogP contribution in [-0.4, -0.2) is 15.8 Å². The Morgan fingerprint density at radius 3 is 2.88 bits per heavy atom. The molecule has 90 valence electrons. The fourth-order valence-electron chi connectivity index (χ4n) is 1.70. The Kier molecular flexibility index (Phi) is 3.44. The van der Waals surface area contributed by atoms with E-state index in [9.17, 15) is 0 Å². The summed E-state index contributed by atoms with van der Waals surface area (Å²) in [4.78, 5) is 0. The summed E-state index contributed by atoms with van der Waals surface area (Å²) in [5, 5.41) is 4.06. The summed E-state index contributed by atoms with van der Waals surface area (Å²) >= 11 is 0. The van der Waals surface area contributed by atoms with Crippen molar-refractivity contribution in [3.05, 3.63) is 42.2 Å². The highest BCUT2D eigenvalue weighted by atomic mass is 16.5. The Morgan fingerprint density at radius 2 is 2.24 bits per heavy atom. The second-order valence-electron chi connectivity index (χ2n) is 4.28. The number of nitrogens with zero attached hydrogens (tertiary/aromatic N) is 2. The van der Waals surface area contributed by atoms with Crippen molar-refractivity contribution < 1.29 is 4.74 Å². The third-order valence-corrected chi connectivity index (χ3v) is 2.37. The van der Waals surface area contributed by atoms with Gasteiger partial charge in [-0.3, -0.25) is 4.68 Å². The van der Waals surface area contributed by atoms with E-state index in [1.54, 1.807) is 10.9 Å². The van der Waals surface area contributed by atoms with E-state index >= 15 is 0 Å². The molecule has 0 aliphatic carbocycles. The van der Waals surface area contributed by atoms with Crippen molar-refractivity contribution >= 4 is 0 Å². The zero-order valence-corrected chi connectivity index (χ0v) is 10.1. The Hall–Kier alpha value is -1.81. The molecule has 0 spiro atoms. The molecule has 2 N–H and O–H groups in total. The molecule has 1 heterocycles. The minimum atomic E-state index is 0.156. The molecule has 2 rings (SSSR count). The van der Waals surface area contributed by atoms with E-state index in [4.69, 9.17) is 10.5 Å². The molecular formula is C13H17N3O. The van der Waals surface area contributed by atoms with E-state index in [1.807, 2.05) is 38.4 Å². The SMILES string of the molecule is CC(N)Cc1cccc(Oc2cnn(C)c2)c1. The Balaban J connectivity index is 2.10. The van der Waals surface area contributed by atoms with Crippen LogP contribution in [0.2, 0.25) is 0 Å². The molecule has 0 amide bonds. The molecule has 1 unspecified atom stereocenters. The molecule has 1 aromatic heterocycles. The summed E-state index contributed by atoms with van der Waals surface area (Å²) in [6, 6.07) is 8.13. The first-order valence-electron chi connectivity index (χ1n) is 5.64. The first-order valence-corrected chi connectivity index (χ1v) is 5.64. The highest BCUT2D eigenvalue weighted by molar-refractivity contribution is 5.32. The van der Waals surface area contributed by atoms with Crippen molar-refractivity contribution in [2.45, 2.75) is 19.4 Å².